The van der Waals surface area contributed by atoms with E-state index < -0.39 is 5.91 Å². The molecule has 2 N–H and O–H groups in total. The summed E-state index contributed by atoms with van der Waals surface area (Å²) in [5.74, 6) is -0.261. The second kappa shape index (κ2) is 6.07. The minimum Gasteiger partial charge on any atom is -0.504 e. The van der Waals surface area contributed by atoms with Crippen LogP contribution in [0, 0.1) is 0 Å². The fraction of sp³-hybridized carbons (Fsp3) is 0.133. The molecule has 0 aliphatic carbocycles. The molecule has 22 heavy (non-hydrogen) atoms. The summed E-state index contributed by atoms with van der Waals surface area (Å²) in [6.07, 6.45) is 1.47. The monoisotopic (exact) mass is 315 g/mol. The van der Waals surface area contributed by atoms with Gasteiger partial charge in [0.05, 0.1) is 11.4 Å². The smallest absolute Gasteiger partial charge is 0.245 e. The zero-order chi connectivity index (χ0) is 15.5. The molecule has 2 amide bonds. The van der Waals surface area contributed by atoms with Crippen LogP contribution < -0.4 is 10.2 Å². The van der Waals surface area contributed by atoms with E-state index in [0.717, 1.165) is 10.6 Å². The maximum atomic E-state index is 12.1. The first kappa shape index (κ1) is 14.4. The highest BCUT2D eigenvalue weighted by Crippen LogP contribution is 2.34. The Bertz CT molecular complexity index is 735. The number of aromatic nitrogens is 1. The SMILES string of the molecule is O=C(CN1C(=O)CSc2ccccc21)Nc1ncccc1O. The van der Waals surface area contributed by atoms with Crippen LogP contribution in [0.1, 0.15) is 0 Å². The molecule has 3 rings (SSSR count). The summed E-state index contributed by atoms with van der Waals surface area (Å²) in [6, 6.07) is 10.4. The lowest BCUT2D eigenvalue weighted by molar-refractivity contribution is -0.120. The van der Waals surface area contributed by atoms with Crippen molar-refractivity contribution in [2.24, 2.45) is 0 Å². The third kappa shape index (κ3) is 2.89. The molecule has 1 aliphatic heterocycles. The third-order valence-corrected chi connectivity index (χ3v) is 4.20. The third-order valence-electron chi connectivity index (χ3n) is 3.15. The predicted molar refractivity (Wildman–Crippen MR) is 84.1 cm³/mol. The van der Waals surface area contributed by atoms with Gasteiger partial charge in [-0.15, -0.1) is 11.8 Å². The van der Waals surface area contributed by atoms with Crippen molar-refractivity contribution in [3.8, 4) is 5.75 Å². The van der Waals surface area contributed by atoms with Crippen molar-refractivity contribution in [3.05, 3.63) is 42.6 Å². The quantitative estimate of drug-likeness (QED) is 0.903. The van der Waals surface area contributed by atoms with Crippen LogP contribution in [0.15, 0.2) is 47.5 Å². The number of para-hydroxylation sites is 1. The van der Waals surface area contributed by atoms with E-state index in [4.69, 9.17) is 0 Å². The largest absolute Gasteiger partial charge is 0.504 e. The van der Waals surface area contributed by atoms with Gasteiger partial charge in [0, 0.05) is 11.1 Å². The van der Waals surface area contributed by atoms with Crippen molar-refractivity contribution >= 4 is 35.1 Å². The molecule has 7 heteroatoms. The van der Waals surface area contributed by atoms with Crippen LogP contribution in [-0.2, 0) is 9.59 Å². The number of thioether (sulfide) groups is 1. The number of nitrogens with one attached hydrogen (secondary N) is 1. The number of carbonyl (C=O) groups is 2. The molecule has 2 aromatic rings. The van der Waals surface area contributed by atoms with E-state index in [1.165, 1.54) is 28.9 Å². The van der Waals surface area contributed by atoms with Crippen LogP contribution in [0.4, 0.5) is 11.5 Å². The number of pyridine rings is 1. The van der Waals surface area contributed by atoms with Crippen molar-refractivity contribution in [2.75, 3.05) is 22.5 Å². The number of aromatic hydroxyl groups is 1. The van der Waals surface area contributed by atoms with Crippen molar-refractivity contribution in [2.45, 2.75) is 4.90 Å². The van der Waals surface area contributed by atoms with Crippen molar-refractivity contribution in [3.63, 3.8) is 0 Å². The molecule has 0 unspecified atom stereocenters. The van der Waals surface area contributed by atoms with Gasteiger partial charge in [0.1, 0.15) is 6.54 Å². The zero-order valence-corrected chi connectivity index (χ0v) is 12.3. The van der Waals surface area contributed by atoms with Gasteiger partial charge in [-0.3, -0.25) is 9.59 Å². The van der Waals surface area contributed by atoms with Crippen LogP contribution >= 0.6 is 11.8 Å². The van der Waals surface area contributed by atoms with E-state index in [1.807, 2.05) is 24.3 Å². The van der Waals surface area contributed by atoms with Gasteiger partial charge in [-0.25, -0.2) is 4.98 Å². The van der Waals surface area contributed by atoms with E-state index in [0.29, 0.717) is 5.75 Å². The average molecular weight is 315 g/mol. The van der Waals surface area contributed by atoms with Crippen LogP contribution in [0.25, 0.3) is 0 Å². The lowest BCUT2D eigenvalue weighted by Crippen LogP contribution is -2.41. The highest BCUT2D eigenvalue weighted by molar-refractivity contribution is 8.00. The summed E-state index contributed by atoms with van der Waals surface area (Å²) < 4.78 is 0. The molecule has 1 aliphatic rings. The van der Waals surface area contributed by atoms with Crippen LogP contribution in [0.2, 0.25) is 0 Å². The number of hydrogen-bond acceptors (Lipinski definition) is 5. The van der Waals surface area contributed by atoms with Crippen molar-refractivity contribution in [1.29, 1.82) is 0 Å². The standard InChI is InChI=1S/C15H13N3O3S/c19-11-5-3-7-16-15(11)17-13(20)8-18-10-4-1-2-6-12(10)22-9-14(18)21/h1-7,19H,8-9H2,(H,16,17,20). The molecular weight excluding hydrogens is 302 g/mol. The molecule has 1 aromatic heterocycles. The molecule has 0 saturated carbocycles. The summed E-state index contributed by atoms with van der Waals surface area (Å²) in [7, 11) is 0. The summed E-state index contributed by atoms with van der Waals surface area (Å²) in [5, 5.41) is 12.1. The Labute approximate surface area is 131 Å². The molecule has 0 fully saturated rings. The minimum atomic E-state index is -0.413. The fourth-order valence-electron chi connectivity index (χ4n) is 2.14. The number of benzene rings is 1. The van der Waals surface area contributed by atoms with E-state index >= 15 is 0 Å². The Morgan fingerprint density at radius 2 is 2.14 bits per heavy atom. The topological polar surface area (TPSA) is 82.5 Å². The molecule has 0 bridgehead atoms. The zero-order valence-electron chi connectivity index (χ0n) is 11.5. The van der Waals surface area contributed by atoms with E-state index in [-0.39, 0.29) is 24.0 Å². The molecular formula is C15H13N3O3S. The fourth-order valence-corrected chi connectivity index (χ4v) is 3.07. The van der Waals surface area contributed by atoms with Crippen LogP contribution in [0.5, 0.6) is 5.75 Å². The molecule has 1 aromatic carbocycles. The number of amides is 2. The molecule has 6 nitrogen and oxygen atoms in total. The van der Waals surface area contributed by atoms with Crippen LogP contribution in [0.3, 0.4) is 0 Å². The maximum Gasteiger partial charge on any atom is 0.245 e. The van der Waals surface area contributed by atoms with Crippen molar-refractivity contribution < 1.29 is 14.7 Å². The molecule has 2 heterocycles. The second-order valence-electron chi connectivity index (χ2n) is 4.66. The minimum absolute atomic E-state index is 0.0830. The molecule has 112 valence electrons. The number of rotatable bonds is 3. The number of anilines is 2. The molecule has 0 radical (unpaired) electrons. The Hall–Kier alpha value is -2.54. The number of hydrogen-bond donors (Lipinski definition) is 2. The summed E-state index contributed by atoms with van der Waals surface area (Å²) in [4.78, 5) is 30.5. The first-order valence-corrected chi connectivity index (χ1v) is 7.60. The highest BCUT2D eigenvalue weighted by Gasteiger charge is 2.26. The van der Waals surface area contributed by atoms with Crippen LogP contribution in [-0.4, -0.2) is 34.2 Å². The van der Waals surface area contributed by atoms with Gasteiger partial charge in [0.15, 0.2) is 11.6 Å². The van der Waals surface area contributed by atoms with Gasteiger partial charge < -0.3 is 15.3 Å². The van der Waals surface area contributed by atoms with Gasteiger partial charge in [0.2, 0.25) is 11.8 Å². The lowest BCUT2D eigenvalue weighted by Gasteiger charge is -2.28. The predicted octanol–water partition coefficient (Wildman–Crippen LogP) is 1.86. The number of nitrogens with zero attached hydrogens (tertiary/aromatic N) is 2. The summed E-state index contributed by atoms with van der Waals surface area (Å²) >= 11 is 1.46. The normalized spacial score (nSPS) is 13.6. The van der Waals surface area contributed by atoms with E-state index in [2.05, 4.69) is 10.3 Å². The lowest BCUT2D eigenvalue weighted by atomic mass is 10.2. The molecule has 0 spiro atoms. The summed E-state index contributed by atoms with van der Waals surface area (Å²) in [5.41, 5.74) is 0.726. The Morgan fingerprint density at radius 1 is 1.32 bits per heavy atom. The number of carbonyl (C=O) groups excluding carboxylic acids is 2. The first-order valence-electron chi connectivity index (χ1n) is 6.61. The Kier molecular flexibility index (Phi) is 3.97. The second-order valence-corrected chi connectivity index (χ2v) is 5.67. The van der Waals surface area contributed by atoms with Gasteiger partial charge in [-0.2, -0.15) is 0 Å². The van der Waals surface area contributed by atoms with Gasteiger partial charge in [-0.05, 0) is 24.3 Å². The highest BCUT2D eigenvalue weighted by atomic mass is 32.2. The van der Waals surface area contributed by atoms with Gasteiger partial charge >= 0.3 is 0 Å². The maximum absolute atomic E-state index is 12.1. The van der Waals surface area contributed by atoms with E-state index in [1.54, 1.807) is 6.07 Å². The molecule has 0 atom stereocenters. The van der Waals surface area contributed by atoms with Crippen molar-refractivity contribution in [1.82, 2.24) is 4.98 Å². The summed E-state index contributed by atoms with van der Waals surface area (Å²) in [6.45, 7) is -0.119. The van der Waals surface area contributed by atoms with E-state index in [9.17, 15) is 14.7 Å². The van der Waals surface area contributed by atoms with Gasteiger partial charge in [-0.1, -0.05) is 12.1 Å². The first-order chi connectivity index (χ1) is 10.6. The average Bonchev–Trinajstić information content (AvgIpc) is 2.52. The molecule has 0 saturated heterocycles. The Balaban J connectivity index is 1.77. The number of fused-ring (bicyclic) bond motifs is 1. The Morgan fingerprint density at radius 3 is 2.95 bits per heavy atom. The van der Waals surface area contributed by atoms with Gasteiger partial charge in [0.25, 0.3) is 0 Å².